The SMILES string of the molecule is C[C@@H]1CCC[C@H](C)N1C(=O)N1CCN(c2ccc(OCCCN3CCCCC3)cc2)CC1. The zero-order chi connectivity index (χ0) is 22.3. The number of carbonyl (C=O) groups excluding carboxylic acids is 1. The number of hydrogen-bond donors (Lipinski definition) is 0. The molecule has 32 heavy (non-hydrogen) atoms. The van der Waals surface area contributed by atoms with Crippen LogP contribution in [0.15, 0.2) is 24.3 Å². The van der Waals surface area contributed by atoms with Crippen molar-refractivity contribution in [1.82, 2.24) is 14.7 Å². The van der Waals surface area contributed by atoms with E-state index in [4.69, 9.17) is 4.74 Å². The molecule has 6 nitrogen and oxygen atoms in total. The number of nitrogens with zero attached hydrogens (tertiary/aromatic N) is 4. The van der Waals surface area contributed by atoms with Crippen LogP contribution in [-0.4, -0.2) is 85.2 Å². The fraction of sp³-hybridized carbons (Fsp3) is 0.731. The molecule has 0 unspecified atom stereocenters. The van der Waals surface area contributed by atoms with Gasteiger partial charge < -0.3 is 24.3 Å². The molecule has 0 aliphatic carbocycles. The molecule has 1 aromatic rings. The van der Waals surface area contributed by atoms with Crippen molar-refractivity contribution in [3.8, 4) is 5.75 Å². The highest BCUT2D eigenvalue weighted by molar-refractivity contribution is 5.75. The molecule has 2 amide bonds. The molecule has 1 aromatic carbocycles. The van der Waals surface area contributed by atoms with Gasteiger partial charge in [-0.2, -0.15) is 0 Å². The van der Waals surface area contributed by atoms with Gasteiger partial charge in [0, 0.05) is 50.5 Å². The zero-order valence-corrected chi connectivity index (χ0v) is 20.2. The molecule has 3 aliphatic rings. The van der Waals surface area contributed by atoms with Crippen LogP contribution in [0.2, 0.25) is 0 Å². The third-order valence-corrected chi connectivity index (χ3v) is 7.50. The second-order valence-electron chi connectivity index (χ2n) is 9.89. The third-order valence-electron chi connectivity index (χ3n) is 7.50. The Bertz CT molecular complexity index is 701. The molecule has 2 atom stereocenters. The summed E-state index contributed by atoms with van der Waals surface area (Å²) in [6.45, 7) is 12.2. The number of piperazine rings is 1. The van der Waals surface area contributed by atoms with E-state index in [-0.39, 0.29) is 6.03 Å². The van der Waals surface area contributed by atoms with Gasteiger partial charge in [0.1, 0.15) is 5.75 Å². The van der Waals surface area contributed by atoms with Gasteiger partial charge in [-0.15, -0.1) is 0 Å². The van der Waals surface area contributed by atoms with Crippen LogP contribution in [0.1, 0.15) is 58.8 Å². The van der Waals surface area contributed by atoms with Crippen molar-refractivity contribution in [2.75, 3.05) is 57.3 Å². The Morgan fingerprint density at radius 2 is 1.53 bits per heavy atom. The molecule has 3 fully saturated rings. The van der Waals surface area contributed by atoms with E-state index in [1.165, 1.54) is 44.5 Å². The lowest BCUT2D eigenvalue weighted by Gasteiger charge is -2.44. The quantitative estimate of drug-likeness (QED) is 0.611. The summed E-state index contributed by atoms with van der Waals surface area (Å²) in [5.74, 6) is 0.953. The summed E-state index contributed by atoms with van der Waals surface area (Å²) in [6, 6.07) is 9.44. The van der Waals surface area contributed by atoms with Crippen molar-refractivity contribution >= 4 is 11.7 Å². The van der Waals surface area contributed by atoms with Crippen LogP contribution < -0.4 is 9.64 Å². The van der Waals surface area contributed by atoms with Gasteiger partial charge in [-0.05, 0) is 89.7 Å². The van der Waals surface area contributed by atoms with Gasteiger partial charge in [-0.25, -0.2) is 4.79 Å². The molecule has 6 heteroatoms. The first-order valence-corrected chi connectivity index (χ1v) is 12.9. The second-order valence-corrected chi connectivity index (χ2v) is 9.89. The number of carbonyl (C=O) groups is 1. The molecule has 0 N–H and O–H groups in total. The molecular formula is C26H42N4O2. The number of anilines is 1. The van der Waals surface area contributed by atoms with Gasteiger partial charge in [-0.3, -0.25) is 0 Å². The summed E-state index contributed by atoms with van der Waals surface area (Å²) >= 11 is 0. The molecule has 3 aliphatic heterocycles. The van der Waals surface area contributed by atoms with E-state index < -0.39 is 0 Å². The van der Waals surface area contributed by atoms with E-state index in [1.807, 2.05) is 0 Å². The van der Waals surface area contributed by atoms with Crippen LogP contribution in [0.25, 0.3) is 0 Å². The first kappa shape index (κ1) is 23.2. The normalized spacial score (nSPS) is 25.1. The van der Waals surface area contributed by atoms with Crippen molar-refractivity contribution in [1.29, 1.82) is 0 Å². The fourth-order valence-corrected chi connectivity index (χ4v) is 5.53. The average molecular weight is 443 g/mol. The summed E-state index contributed by atoms with van der Waals surface area (Å²) < 4.78 is 5.97. The smallest absolute Gasteiger partial charge is 0.320 e. The largest absolute Gasteiger partial charge is 0.494 e. The van der Waals surface area contributed by atoms with Crippen molar-refractivity contribution < 1.29 is 9.53 Å². The number of hydrogen-bond acceptors (Lipinski definition) is 4. The van der Waals surface area contributed by atoms with Crippen LogP contribution >= 0.6 is 0 Å². The predicted molar refractivity (Wildman–Crippen MR) is 131 cm³/mol. The highest BCUT2D eigenvalue weighted by Gasteiger charge is 2.33. The molecule has 3 saturated heterocycles. The second kappa shape index (κ2) is 11.3. The zero-order valence-electron chi connectivity index (χ0n) is 20.2. The molecule has 0 spiro atoms. The van der Waals surface area contributed by atoms with E-state index in [0.717, 1.165) is 64.3 Å². The monoisotopic (exact) mass is 442 g/mol. The molecule has 3 heterocycles. The van der Waals surface area contributed by atoms with Gasteiger partial charge in [-0.1, -0.05) is 6.42 Å². The number of ether oxygens (including phenoxy) is 1. The maximum absolute atomic E-state index is 13.1. The van der Waals surface area contributed by atoms with Crippen molar-refractivity contribution in [2.24, 2.45) is 0 Å². The molecule has 0 aromatic heterocycles. The molecule has 0 saturated carbocycles. The summed E-state index contributed by atoms with van der Waals surface area (Å²) in [5, 5.41) is 0. The molecular weight excluding hydrogens is 400 g/mol. The van der Waals surface area contributed by atoms with E-state index >= 15 is 0 Å². The van der Waals surface area contributed by atoms with E-state index in [0.29, 0.717) is 12.1 Å². The van der Waals surface area contributed by atoms with Crippen LogP contribution in [-0.2, 0) is 0 Å². The first-order chi connectivity index (χ1) is 15.6. The Labute approximate surface area is 194 Å². The van der Waals surface area contributed by atoms with Gasteiger partial charge in [0.15, 0.2) is 0 Å². The number of urea groups is 1. The number of piperidine rings is 2. The lowest BCUT2D eigenvalue weighted by atomic mass is 9.98. The predicted octanol–water partition coefficient (Wildman–Crippen LogP) is 4.45. The van der Waals surface area contributed by atoms with E-state index in [1.54, 1.807) is 0 Å². The van der Waals surface area contributed by atoms with Crippen LogP contribution in [0, 0.1) is 0 Å². The summed E-state index contributed by atoms with van der Waals surface area (Å²) in [4.78, 5) is 22.2. The summed E-state index contributed by atoms with van der Waals surface area (Å²) in [5.41, 5.74) is 1.22. The van der Waals surface area contributed by atoms with E-state index in [2.05, 4.69) is 57.7 Å². The van der Waals surface area contributed by atoms with Crippen molar-refractivity contribution in [2.45, 2.75) is 70.9 Å². The Morgan fingerprint density at radius 3 is 2.19 bits per heavy atom. The summed E-state index contributed by atoms with van der Waals surface area (Å²) in [6.07, 6.45) is 8.67. The Morgan fingerprint density at radius 1 is 0.875 bits per heavy atom. The van der Waals surface area contributed by atoms with Crippen LogP contribution in [0.3, 0.4) is 0 Å². The lowest BCUT2D eigenvalue weighted by molar-refractivity contribution is 0.0906. The minimum atomic E-state index is 0.234. The number of likely N-dealkylation sites (tertiary alicyclic amines) is 2. The molecule has 0 bridgehead atoms. The van der Waals surface area contributed by atoms with Gasteiger partial charge in [0.05, 0.1) is 6.61 Å². The van der Waals surface area contributed by atoms with Gasteiger partial charge >= 0.3 is 6.03 Å². The highest BCUT2D eigenvalue weighted by Crippen LogP contribution is 2.25. The van der Waals surface area contributed by atoms with Gasteiger partial charge in [0.25, 0.3) is 0 Å². The number of rotatable bonds is 6. The maximum Gasteiger partial charge on any atom is 0.320 e. The molecule has 0 radical (unpaired) electrons. The minimum Gasteiger partial charge on any atom is -0.494 e. The number of amides is 2. The topological polar surface area (TPSA) is 39.3 Å². The van der Waals surface area contributed by atoms with Crippen LogP contribution in [0.4, 0.5) is 10.5 Å². The lowest BCUT2D eigenvalue weighted by Crippen LogP contribution is -2.57. The first-order valence-electron chi connectivity index (χ1n) is 12.9. The number of benzene rings is 1. The Kier molecular flexibility index (Phi) is 8.17. The molecule has 4 rings (SSSR count). The minimum absolute atomic E-state index is 0.234. The van der Waals surface area contributed by atoms with Crippen molar-refractivity contribution in [3.63, 3.8) is 0 Å². The maximum atomic E-state index is 13.1. The fourth-order valence-electron chi connectivity index (χ4n) is 5.53. The average Bonchev–Trinajstić information content (AvgIpc) is 2.83. The van der Waals surface area contributed by atoms with Crippen LogP contribution in [0.5, 0.6) is 5.75 Å². The summed E-state index contributed by atoms with van der Waals surface area (Å²) in [7, 11) is 0. The molecule has 178 valence electrons. The third kappa shape index (κ3) is 5.89. The van der Waals surface area contributed by atoms with Crippen molar-refractivity contribution in [3.05, 3.63) is 24.3 Å². The Hall–Kier alpha value is -1.95. The standard InChI is InChI=1S/C26H42N4O2/c1-22-8-6-9-23(2)30(22)26(31)29-19-17-28(18-20-29)24-10-12-25(13-11-24)32-21-7-16-27-14-4-3-5-15-27/h10-13,22-23H,3-9,14-21H2,1-2H3/t22-,23+. The van der Waals surface area contributed by atoms with E-state index in [9.17, 15) is 4.79 Å². The van der Waals surface area contributed by atoms with Gasteiger partial charge in [0.2, 0.25) is 0 Å². The Balaban J connectivity index is 1.19. The highest BCUT2D eigenvalue weighted by atomic mass is 16.5.